The molecule has 0 saturated carbocycles. The first-order valence-corrected chi connectivity index (χ1v) is 7.63. The first-order valence-electron chi connectivity index (χ1n) is 7.63. The van der Waals surface area contributed by atoms with Crippen LogP contribution in [-0.2, 0) is 11.2 Å². The average Bonchev–Trinajstić information content (AvgIpc) is 2.58. The van der Waals surface area contributed by atoms with Crippen molar-refractivity contribution < 1.29 is 19.4 Å². The Bertz CT molecular complexity index is 686. The van der Waals surface area contributed by atoms with Crippen LogP contribution in [0.3, 0.4) is 0 Å². The molecular weight excluding hydrogens is 294 g/mol. The first kappa shape index (κ1) is 15.4. The number of aliphatic hydroxyl groups is 1. The highest BCUT2D eigenvalue weighted by atomic mass is 16.5. The van der Waals surface area contributed by atoms with Crippen LogP contribution in [0.2, 0.25) is 0 Å². The lowest BCUT2D eigenvalue weighted by atomic mass is 10.1. The number of hydrogen-bond donors (Lipinski definition) is 1. The fraction of sp³-hybridized carbons (Fsp3) is 0.278. The molecule has 0 unspecified atom stereocenters. The molecule has 0 spiro atoms. The number of ether oxygens (including phenoxy) is 2. The Kier molecular flexibility index (Phi) is 4.78. The number of nitrogens with zero attached hydrogens (tertiary/aromatic N) is 1. The molecule has 0 radical (unpaired) electrons. The molecular formula is C18H19NO4. The molecule has 1 amide bonds. The molecule has 5 nitrogen and oxygen atoms in total. The highest BCUT2D eigenvalue weighted by Gasteiger charge is 2.24. The minimum absolute atomic E-state index is 0.0585. The van der Waals surface area contributed by atoms with Crippen molar-refractivity contribution in [3.63, 3.8) is 0 Å². The molecule has 0 aliphatic carbocycles. The van der Waals surface area contributed by atoms with Crippen LogP contribution in [0.5, 0.6) is 11.5 Å². The number of rotatable bonds is 6. The van der Waals surface area contributed by atoms with Gasteiger partial charge in [-0.15, -0.1) is 0 Å². The molecule has 1 heterocycles. The first-order chi connectivity index (χ1) is 11.3. The van der Waals surface area contributed by atoms with Crippen molar-refractivity contribution >= 4 is 11.6 Å². The van der Waals surface area contributed by atoms with E-state index in [2.05, 4.69) is 0 Å². The van der Waals surface area contributed by atoms with Crippen molar-refractivity contribution in [2.75, 3.05) is 31.3 Å². The van der Waals surface area contributed by atoms with Crippen molar-refractivity contribution in [2.24, 2.45) is 0 Å². The molecule has 23 heavy (non-hydrogen) atoms. The fourth-order valence-corrected chi connectivity index (χ4v) is 2.57. The zero-order valence-corrected chi connectivity index (χ0v) is 12.8. The predicted octanol–water partition coefficient (Wildman–Crippen LogP) is 2.03. The van der Waals surface area contributed by atoms with Crippen LogP contribution in [0.4, 0.5) is 5.69 Å². The summed E-state index contributed by atoms with van der Waals surface area (Å²) in [5.41, 5.74) is 1.80. The summed E-state index contributed by atoms with van der Waals surface area (Å²) in [4.78, 5) is 13.7. The molecule has 2 aromatic rings. The van der Waals surface area contributed by atoms with Crippen LogP contribution >= 0.6 is 0 Å². The number of aliphatic hydroxyl groups excluding tert-OH is 1. The van der Waals surface area contributed by atoms with Crippen molar-refractivity contribution in [2.45, 2.75) is 6.42 Å². The average molecular weight is 313 g/mol. The smallest absolute Gasteiger partial charge is 0.265 e. The molecule has 0 saturated heterocycles. The van der Waals surface area contributed by atoms with Gasteiger partial charge < -0.3 is 19.5 Å². The normalized spacial score (nSPS) is 13.4. The Balaban J connectivity index is 1.62. The largest absolute Gasteiger partial charge is 0.492 e. The van der Waals surface area contributed by atoms with Gasteiger partial charge in [-0.2, -0.15) is 0 Å². The van der Waals surface area contributed by atoms with E-state index >= 15 is 0 Å². The maximum absolute atomic E-state index is 12.1. The molecule has 1 N–H and O–H groups in total. The monoisotopic (exact) mass is 313 g/mol. The van der Waals surface area contributed by atoms with E-state index in [1.807, 2.05) is 48.5 Å². The van der Waals surface area contributed by atoms with Gasteiger partial charge in [0.05, 0.1) is 12.2 Å². The van der Waals surface area contributed by atoms with Crippen LogP contribution in [0, 0.1) is 0 Å². The van der Waals surface area contributed by atoms with Gasteiger partial charge in [0.15, 0.2) is 6.61 Å². The minimum Gasteiger partial charge on any atom is -0.492 e. The van der Waals surface area contributed by atoms with Crippen LogP contribution < -0.4 is 14.4 Å². The Morgan fingerprint density at radius 3 is 2.91 bits per heavy atom. The molecule has 0 bridgehead atoms. The van der Waals surface area contributed by atoms with Crippen LogP contribution in [-0.4, -0.2) is 37.4 Å². The second-order valence-electron chi connectivity index (χ2n) is 5.27. The number of amides is 1. The highest BCUT2D eigenvalue weighted by Crippen LogP contribution is 2.31. The van der Waals surface area contributed by atoms with Crippen LogP contribution in [0.25, 0.3) is 0 Å². The molecule has 3 rings (SSSR count). The van der Waals surface area contributed by atoms with E-state index in [0.717, 1.165) is 22.7 Å². The van der Waals surface area contributed by atoms with Gasteiger partial charge in [0.1, 0.15) is 18.1 Å². The lowest BCUT2D eigenvalue weighted by molar-refractivity contribution is -0.121. The second-order valence-corrected chi connectivity index (χ2v) is 5.27. The van der Waals surface area contributed by atoms with Gasteiger partial charge in [-0.1, -0.05) is 24.3 Å². The van der Waals surface area contributed by atoms with Crippen molar-refractivity contribution in [1.29, 1.82) is 0 Å². The van der Waals surface area contributed by atoms with Gasteiger partial charge in [-0.05, 0) is 36.2 Å². The number of hydrogen-bond acceptors (Lipinski definition) is 4. The van der Waals surface area contributed by atoms with E-state index in [4.69, 9.17) is 14.6 Å². The Hall–Kier alpha value is -2.53. The van der Waals surface area contributed by atoms with Gasteiger partial charge in [0.2, 0.25) is 0 Å². The lowest BCUT2D eigenvalue weighted by Gasteiger charge is -2.29. The number of anilines is 1. The molecule has 1 aliphatic rings. The summed E-state index contributed by atoms with van der Waals surface area (Å²) in [6.45, 7) is 1.03. The van der Waals surface area contributed by atoms with Crippen molar-refractivity contribution in [1.82, 2.24) is 0 Å². The molecule has 5 heteroatoms. The molecule has 0 atom stereocenters. The number of carbonyl (C=O) groups excluding carboxylic acids is 1. The summed E-state index contributed by atoms with van der Waals surface area (Å²) in [5.74, 6) is 1.39. The summed E-state index contributed by atoms with van der Waals surface area (Å²) in [6.07, 6.45) is 0.604. The Labute approximate surface area is 135 Å². The molecule has 0 fully saturated rings. The van der Waals surface area contributed by atoms with E-state index in [9.17, 15) is 4.79 Å². The van der Waals surface area contributed by atoms with Gasteiger partial charge in [0.25, 0.3) is 5.91 Å². The van der Waals surface area contributed by atoms with E-state index in [1.165, 1.54) is 0 Å². The predicted molar refractivity (Wildman–Crippen MR) is 87.0 cm³/mol. The third-order valence-corrected chi connectivity index (χ3v) is 3.69. The SMILES string of the molecule is O=C1COc2ccccc2N1CCOc1cccc(CCO)c1. The van der Waals surface area contributed by atoms with Crippen molar-refractivity contribution in [3.05, 3.63) is 54.1 Å². The second kappa shape index (κ2) is 7.15. The zero-order chi connectivity index (χ0) is 16.1. The van der Waals surface area contributed by atoms with E-state index < -0.39 is 0 Å². The summed E-state index contributed by atoms with van der Waals surface area (Å²) in [7, 11) is 0. The lowest BCUT2D eigenvalue weighted by Crippen LogP contribution is -2.41. The number of para-hydroxylation sites is 2. The van der Waals surface area contributed by atoms with Crippen molar-refractivity contribution in [3.8, 4) is 11.5 Å². The van der Waals surface area contributed by atoms with Crippen LogP contribution in [0.15, 0.2) is 48.5 Å². The van der Waals surface area contributed by atoms with Crippen LogP contribution in [0.1, 0.15) is 5.56 Å². The number of benzene rings is 2. The maximum Gasteiger partial charge on any atom is 0.265 e. The topological polar surface area (TPSA) is 59.0 Å². The maximum atomic E-state index is 12.1. The quantitative estimate of drug-likeness (QED) is 0.886. The third-order valence-electron chi connectivity index (χ3n) is 3.69. The van der Waals surface area contributed by atoms with Gasteiger partial charge in [-0.25, -0.2) is 0 Å². The molecule has 1 aliphatic heterocycles. The summed E-state index contributed by atoms with van der Waals surface area (Å²) in [6, 6.07) is 15.1. The summed E-state index contributed by atoms with van der Waals surface area (Å²) >= 11 is 0. The summed E-state index contributed by atoms with van der Waals surface area (Å²) in [5, 5.41) is 8.98. The standard InChI is InChI=1S/C18H19NO4/c20-10-8-14-4-3-5-15(12-14)22-11-9-19-16-6-1-2-7-17(16)23-13-18(19)21/h1-7,12,20H,8-11,13H2. The van der Waals surface area contributed by atoms with Gasteiger partial charge >= 0.3 is 0 Å². The Morgan fingerprint density at radius 1 is 1.17 bits per heavy atom. The van der Waals surface area contributed by atoms with E-state index in [-0.39, 0.29) is 19.1 Å². The molecule has 2 aromatic carbocycles. The summed E-state index contributed by atoms with van der Waals surface area (Å²) < 4.78 is 11.2. The van der Waals surface area contributed by atoms with E-state index in [0.29, 0.717) is 19.6 Å². The Morgan fingerprint density at radius 2 is 2.04 bits per heavy atom. The number of carbonyl (C=O) groups is 1. The molecule has 120 valence electrons. The zero-order valence-electron chi connectivity index (χ0n) is 12.8. The van der Waals surface area contributed by atoms with E-state index in [1.54, 1.807) is 4.90 Å². The minimum atomic E-state index is -0.0682. The van der Waals surface area contributed by atoms with Gasteiger partial charge in [0, 0.05) is 6.61 Å². The number of fused-ring (bicyclic) bond motifs is 1. The third kappa shape index (κ3) is 3.63. The van der Waals surface area contributed by atoms with Gasteiger partial charge in [-0.3, -0.25) is 4.79 Å². The highest BCUT2D eigenvalue weighted by molar-refractivity contribution is 5.97. The molecule has 0 aromatic heterocycles. The fourth-order valence-electron chi connectivity index (χ4n) is 2.57.